The van der Waals surface area contributed by atoms with Gasteiger partial charge in [-0.1, -0.05) is 39.0 Å². The van der Waals surface area contributed by atoms with E-state index >= 15 is 0 Å². The van der Waals surface area contributed by atoms with Gasteiger partial charge in [-0.05, 0) is 60.7 Å². The minimum Gasteiger partial charge on any atom is -0.494 e. The van der Waals surface area contributed by atoms with E-state index in [4.69, 9.17) is 29.4 Å². The maximum atomic E-state index is 12.8. The van der Waals surface area contributed by atoms with Crippen molar-refractivity contribution in [2.45, 2.75) is 39.5 Å². The predicted molar refractivity (Wildman–Crippen MR) is 151 cm³/mol. The number of hydrogen-bond acceptors (Lipinski definition) is 8. The van der Waals surface area contributed by atoms with Gasteiger partial charge in [0.2, 0.25) is 5.88 Å². The summed E-state index contributed by atoms with van der Waals surface area (Å²) in [6, 6.07) is 19.6. The van der Waals surface area contributed by atoms with Crippen LogP contribution in [0.4, 0.5) is 0 Å². The minimum absolute atomic E-state index is 0.0134. The van der Waals surface area contributed by atoms with Crippen LogP contribution in [0.5, 0.6) is 28.7 Å². The second-order valence-electron chi connectivity index (χ2n) is 9.83. The molecule has 0 saturated heterocycles. The zero-order chi connectivity index (χ0) is 28.6. The lowest BCUT2D eigenvalue weighted by Gasteiger charge is -2.27. The van der Waals surface area contributed by atoms with Crippen LogP contribution >= 0.6 is 0 Å². The smallest absolute Gasteiger partial charge is 0.343 e. The van der Waals surface area contributed by atoms with E-state index in [0.717, 1.165) is 18.4 Å². The van der Waals surface area contributed by atoms with E-state index in [-0.39, 0.29) is 17.2 Å². The molecule has 1 aliphatic rings. The van der Waals surface area contributed by atoms with E-state index in [1.807, 2.05) is 25.1 Å². The number of carbonyl (C=O) groups excluding carboxylic acids is 1. The van der Waals surface area contributed by atoms with Crippen LogP contribution in [0.2, 0.25) is 0 Å². The van der Waals surface area contributed by atoms with E-state index in [1.54, 1.807) is 49.6 Å². The number of hydrogen-bond donors (Lipinski definition) is 1. The van der Waals surface area contributed by atoms with Gasteiger partial charge in [0, 0.05) is 11.6 Å². The molecule has 1 aliphatic heterocycles. The average Bonchev–Trinajstić information content (AvgIpc) is 2.95. The van der Waals surface area contributed by atoms with Gasteiger partial charge < -0.3 is 29.4 Å². The van der Waals surface area contributed by atoms with E-state index in [9.17, 15) is 10.1 Å². The van der Waals surface area contributed by atoms with Crippen LogP contribution in [-0.2, 0) is 0 Å². The van der Waals surface area contributed by atoms with Crippen molar-refractivity contribution in [3.8, 4) is 34.8 Å². The third-order valence-electron chi connectivity index (χ3n) is 6.42. The first-order chi connectivity index (χ1) is 19.3. The number of ether oxygens (including phenoxy) is 5. The third-order valence-corrected chi connectivity index (χ3v) is 6.42. The number of rotatable bonds is 11. The van der Waals surface area contributed by atoms with Crippen molar-refractivity contribution in [1.82, 2.24) is 0 Å². The van der Waals surface area contributed by atoms with Crippen LogP contribution in [0.25, 0.3) is 0 Å². The number of nitrogens with zero attached hydrogens (tertiary/aromatic N) is 1. The molecule has 1 unspecified atom stereocenters. The molecule has 8 heteroatoms. The summed E-state index contributed by atoms with van der Waals surface area (Å²) in [6.45, 7) is 7.42. The zero-order valence-corrected chi connectivity index (χ0v) is 23.2. The van der Waals surface area contributed by atoms with Crippen molar-refractivity contribution in [2.24, 2.45) is 11.7 Å². The Bertz CT molecular complexity index is 1440. The molecule has 0 radical (unpaired) electrons. The molecule has 0 aliphatic carbocycles. The highest BCUT2D eigenvalue weighted by Gasteiger charge is 2.32. The van der Waals surface area contributed by atoms with Crippen molar-refractivity contribution in [2.75, 3.05) is 20.3 Å². The van der Waals surface area contributed by atoms with Crippen LogP contribution in [0.1, 0.15) is 61.0 Å². The van der Waals surface area contributed by atoms with Gasteiger partial charge in [0.15, 0.2) is 11.5 Å². The second-order valence-corrected chi connectivity index (χ2v) is 9.83. The monoisotopic (exact) mass is 542 g/mol. The van der Waals surface area contributed by atoms with Crippen LogP contribution in [0.15, 0.2) is 72.1 Å². The maximum Gasteiger partial charge on any atom is 0.343 e. The molecule has 1 heterocycles. The quantitative estimate of drug-likeness (QED) is 0.220. The third kappa shape index (κ3) is 6.49. The van der Waals surface area contributed by atoms with Gasteiger partial charge in [0.25, 0.3) is 0 Å². The van der Waals surface area contributed by atoms with Gasteiger partial charge in [-0.15, -0.1) is 0 Å². The Kier molecular flexibility index (Phi) is 9.18. The Balaban J connectivity index is 1.61. The molecule has 8 nitrogen and oxygen atoms in total. The number of carbonyl (C=O) groups is 1. The van der Waals surface area contributed by atoms with Crippen molar-refractivity contribution in [3.05, 3.63) is 88.8 Å². The summed E-state index contributed by atoms with van der Waals surface area (Å²) in [5, 5.41) is 9.94. The van der Waals surface area contributed by atoms with Crippen LogP contribution in [-0.4, -0.2) is 26.3 Å². The molecule has 208 valence electrons. The number of methoxy groups -OCH3 is 1. The summed E-state index contributed by atoms with van der Waals surface area (Å²) in [7, 11) is 1.58. The fourth-order valence-corrected chi connectivity index (χ4v) is 4.33. The molecule has 0 amide bonds. The van der Waals surface area contributed by atoms with Crippen LogP contribution in [0.3, 0.4) is 0 Å². The molecule has 1 atom stereocenters. The highest BCUT2D eigenvalue weighted by atomic mass is 16.5. The molecule has 3 aromatic rings. The molecule has 3 aromatic carbocycles. The van der Waals surface area contributed by atoms with Crippen molar-refractivity contribution in [3.63, 3.8) is 0 Å². The fourth-order valence-electron chi connectivity index (χ4n) is 4.33. The first kappa shape index (κ1) is 28.4. The molecular formula is C32H34N2O6. The largest absolute Gasteiger partial charge is 0.494 e. The van der Waals surface area contributed by atoms with Gasteiger partial charge in [-0.2, -0.15) is 5.26 Å². The Morgan fingerprint density at radius 1 is 1.02 bits per heavy atom. The molecule has 0 saturated carbocycles. The minimum atomic E-state index is -0.534. The number of fused-ring (bicyclic) bond motifs is 1. The number of nitriles is 1. The standard InChI is InChI=1S/C32H34N2O6/c1-5-14-37-23-8-6-7-22(16-23)32(35)39-24-10-11-25-28(18-24)40-31(34)26(19-33)30(25)21-9-12-27(29(17-21)36-4)38-15-13-20(2)3/h6-12,16-18,20,30H,5,13-15,34H2,1-4H3. The Labute approximate surface area is 234 Å². The predicted octanol–water partition coefficient (Wildman–Crippen LogP) is 6.35. The lowest BCUT2D eigenvalue weighted by Crippen LogP contribution is -2.21. The summed E-state index contributed by atoms with van der Waals surface area (Å²) in [6.07, 6.45) is 1.78. The normalized spacial score (nSPS) is 14.2. The van der Waals surface area contributed by atoms with Gasteiger partial charge in [-0.25, -0.2) is 4.79 Å². The highest BCUT2D eigenvalue weighted by molar-refractivity contribution is 5.91. The maximum absolute atomic E-state index is 12.8. The van der Waals surface area contributed by atoms with Crippen molar-refractivity contribution < 1.29 is 28.5 Å². The Hall–Kier alpha value is -4.64. The summed E-state index contributed by atoms with van der Waals surface area (Å²) >= 11 is 0. The van der Waals surface area contributed by atoms with Gasteiger partial charge >= 0.3 is 5.97 Å². The Morgan fingerprint density at radius 3 is 2.58 bits per heavy atom. The number of allylic oxidation sites excluding steroid dienone is 1. The Morgan fingerprint density at radius 2 is 1.85 bits per heavy atom. The summed E-state index contributed by atoms with van der Waals surface area (Å²) in [4.78, 5) is 12.8. The molecule has 0 aromatic heterocycles. The number of nitrogens with two attached hydrogens (primary N) is 1. The van der Waals surface area contributed by atoms with E-state index in [2.05, 4.69) is 19.9 Å². The summed E-state index contributed by atoms with van der Waals surface area (Å²) in [5.74, 6) is 1.91. The average molecular weight is 543 g/mol. The van der Waals surface area contributed by atoms with E-state index in [0.29, 0.717) is 53.3 Å². The van der Waals surface area contributed by atoms with Crippen molar-refractivity contribution in [1.29, 1.82) is 5.26 Å². The molecule has 4 rings (SSSR count). The number of esters is 1. The second kappa shape index (κ2) is 12.9. The van der Waals surface area contributed by atoms with Gasteiger partial charge in [-0.3, -0.25) is 0 Å². The number of benzene rings is 3. The lowest BCUT2D eigenvalue weighted by molar-refractivity contribution is 0.0734. The van der Waals surface area contributed by atoms with Crippen molar-refractivity contribution >= 4 is 5.97 Å². The molecular weight excluding hydrogens is 508 g/mol. The first-order valence-corrected chi connectivity index (χ1v) is 13.3. The molecule has 0 fully saturated rings. The molecule has 0 spiro atoms. The molecule has 2 N–H and O–H groups in total. The van der Waals surface area contributed by atoms with E-state index in [1.165, 1.54) is 0 Å². The van der Waals surface area contributed by atoms with E-state index < -0.39 is 11.9 Å². The summed E-state index contributed by atoms with van der Waals surface area (Å²) in [5.41, 5.74) is 8.31. The lowest BCUT2D eigenvalue weighted by atomic mass is 9.83. The fraction of sp³-hybridized carbons (Fsp3) is 0.312. The zero-order valence-electron chi connectivity index (χ0n) is 23.2. The highest BCUT2D eigenvalue weighted by Crippen LogP contribution is 2.45. The summed E-state index contributed by atoms with van der Waals surface area (Å²) < 4.78 is 28.6. The first-order valence-electron chi connectivity index (χ1n) is 13.3. The molecule has 40 heavy (non-hydrogen) atoms. The van der Waals surface area contributed by atoms with Crippen LogP contribution < -0.4 is 29.4 Å². The van der Waals surface area contributed by atoms with Gasteiger partial charge in [0.1, 0.15) is 28.9 Å². The van der Waals surface area contributed by atoms with Crippen LogP contribution in [0, 0.1) is 17.2 Å². The SMILES string of the molecule is CCCOc1cccc(C(=O)Oc2ccc3c(c2)OC(N)=C(C#N)C3c2ccc(OCCC(C)C)c(OC)c2)c1. The topological polar surface area (TPSA) is 113 Å². The molecule has 0 bridgehead atoms. The van der Waals surface area contributed by atoms with Gasteiger partial charge in [0.05, 0.1) is 31.8 Å².